The Kier molecular flexibility index (Phi) is 5.32. The minimum absolute atomic E-state index is 0.537. The molecule has 0 aromatic carbocycles. The van der Waals surface area contributed by atoms with Gasteiger partial charge in [-0.2, -0.15) is 0 Å². The summed E-state index contributed by atoms with van der Waals surface area (Å²) in [6.45, 7) is 7.57. The molecule has 0 amide bonds. The maximum Gasteiger partial charge on any atom is 0.191 e. The first-order valence-electron chi connectivity index (χ1n) is 5.96. The van der Waals surface area contributed by atoms with E-state index in [2.05, 4.69) is 41.1 Å². The van der Waals surface area contributed by atoms with Crippen molar-refractivity contribution in [1.29, 1.82) is 0 Å². The molecule has 0 saturated heterocycles. The fourth-order valence-electron chi connectivity index (χ4n) is 1.62. The normalized spacial score (nSPS) is 18.4. The molecule has 1 aliphatic carbocycles. The first-order chi connectivity index (χ1) is 7.69. The molecule has 0 bridgehead atoms. The zero-order chi connectivity index (χ0) is 12.0. The second-order valence-corrected chi connectivity index (χ2v) is 4.37. The van der Waals surface area contributed by atoms with Gasteiger partial charge in [-0.25, -0.2) is 0 Å². The highest BCUT2D eigenvalue weighted by molar-refractivity contribution is 5.79. The van der Waals surface area contributed by atoms with Gasteiger partial charge in [0.1, 0.15) is 0 Å². The molecule has 0 radical (unpaired) electrons. The van der Waals surface area contributed by atoms with Crippen LogP contribution in [-0.2, 0) is 0 Å². The molecule has 0 aromatic heterocycles. The molecule has 0 aliphatic heterocycles. The number of nitrogens with one attached hydrogen (secondary N) is 2. The number of nitrogens with zero attached hydrogens (tertiary/aromatic N) is 2. The second kappa shape index (κ2) is 6.53. The van der Waals surface area contributed by atoms with Crippen molar-refractivity contribution in [2.24, 2.45) is 4.99 Å². The van der Waals surface area contributed by atoms with E-state index in [0.29, 0.717) is 6.04 Å². The van der Waals surface area contributed by atoms with Gasteiger partial charge in [0.15, 0.2) is 5.96 Å². The summed E-state index contributed by atoms with van der Waals surface area (Å²) in [5.41, 5.74) is 0. The SMILES string of the molecule is C=CCNC(=NC)NCC(C)N(C)C1CC1. The van der Waals surface area contributed by atoms with Gasteiger partial charge in [-0.3, -0.25) is 9.89 Å². The Hall–Kier alpha value is -1.03. The summed E-state index contributed by atoms with van der Waals surface area (Å²) in [7, 11) is 3.98. The summed E-state index contributed by atoms with van der Waals surface area (Å²) in [5.74, 6) is 0.843. The zero-order valence-corrected chi connectivity index (χ0v) is 10.7. The standard InChI is InChI=1S/C12H24N4/c1-5-8-14-12(13-3)15-9-10(2)16(4)11-6-7-11/h5,10-11H,1,6-9H2,2-4H3,(H2,13,14,15). The summed E-state index contributed by atoms with van der Waals surface area (Å²) in [5, 5.41) is 6.48. The van der Waals surface area contributed by atoms with E-state index < -0.39 is 0 Å². The van der Waals surface area contributed by atoms with Gasteiger partial charge >= 0.3 is 0 Å². The van der Waals surface area contributed by atoms with Gasteiger partial charge in [0.05, 0.1) is 0 Å². The van der Waals surface area contributed by atoms with E-state index in [4.69, 9.17) is 0 Å². The van der Waals surface area contributed by atoms with Gasteiger partial charge in [0.25, 0.3) is 0 Å². The number of guanidine groups is 1. The highest BCUT2D eigenvalue weighted by Gasteiger charge is 2.28. The minimum atomic E-state index is 0.537. The Bertz CT molecular complexity index is 245. The van der Waals surface area contributed by atoms with Gasteiger partial charge in [0.2, 0.25) is 0 Å². The van der Waals surface area contributed by atoms with Crippen LogP contribution in [0.3, 0.4) is 0 Å². The Balaban J connectivity index is 2.22. The maximum absolute atomic E-state index is 4.15. The molecule has 1 atom stereocenters. The van der Waals surface area contributed by atoms with Gasteiger partial charge in [-0.15, -0.1) is 6.58 Å². The average molecular weight is 224 g/mol. The van der Waals surface area contributed by atoms with Crippen LogP contribution in [0.15, 0.2) is 17.6 Å². The van der Waals surface area contributed by atoms with E-state index in [0.717, 1.165) is 25.1 Å². The molecule has 0 aromatic rings. The van der Waals surface area contributed by atoms with E-state index >= 15 is 0 Å². The lowest BCUT2D eigenvalue weighted by atomic mass is 10.3. The number of rotatable bonds is 6. The van der Waals surface area contributed by atoms with E-state index in [1.165, 1.54) is 12.8 Å². The molecule has 1 unspecified atom stereocenters. The molecule has 4 nitrogen and oxygen atoms in total. The van der Waals surface area contributed by atoms with Gasteiger partial charge in [0, 0.05) is 32.2 Å². The monoisotopic (exact) mass is 224 g/mol. The van der Waals surface area contributed by atoms with Gasteiger partial charge in [-0.1, -0.05) is 6.08 Å². The molecular formula is C12H24N4. The van der Waals surface area contributed by atoms with Crippen LogP contribution in [0.2, 0.25) is 0 Å². The lowest BCUT2D eigenvalue weighted by Crippen LogP contribution is -2.45. The first kappa shape index (κ1) is 13.0. The van der Waals surface area contributed by atoms with Crippen LogP contribution >= 0.6 is 0 Å². The van der Waals surface area contributed by atoms with Crippen molar-refractivity contribution >= 4 is 5.96 Å². The molecule has 16 heavy (non-hydrogen) atoms. The molecular weight excluding hydrogens is 200 g/mol. The minimum Gasteiger partial charge on any atom is -0.355 e. The topological polar surface area (TPSA) is 39.7 Å². The second-order valence-electron chi connectivity index (χ2n) is 4.37. The lowest BCUT2D eigenvalue weighted by Gasteiger charge is -2.25. The largest absolute Gasteiger partial charge is 0.355 e. The number of hydrogen-bond donors (Lipinski definition) is 2. The van der Waals surface area contributed by atoms with Gasteiger partial charge < -0.3 is 10.6 Å². The van der Waals surface area contributed by atoms with Crippen LogP contribution in [0, 0.1) is 0 Å². The summed E-state index contributed by atoms with van der Waals surface area (Å²) >= 11 is 0. The Morgan fingerprint density at radius 2 is 2.25 bits per heavy atom. The molecule has 1 saturated carbocycles. The zero-order valence-electron chi connectivity index (χ0n) is 10.7. The lowest BCUT2D eigenvalue weighted by molar-refractivity contribution is 0.247. The van der Waals surface area contributed by atoms with E-state index in [9.17, 15) is 0 Å². The molecule has 1 fully saturated rings. The third kappa shape index (κ3) is 4.23. The number of hydrogen-bond acceptors (Lipinski definition) is 2. The van der Waals surface area contributed by atoms with Gasteiger partial charge in [-0.05, 0) is 26.8 Å². The summed E-state index contributed by atoms with van der Waals surface area (Å²) in [4.78, 5) is 6.58. The smallest absolute Gasteiger partial charge is 0.191 e. The quantitative estimate of drug-likeness (QED) is 0.399. The number of aliphatic imine (C=N–C) groups is 1. The third-order valence-electron chi connectivity index (χ3n) is 3.02. The average Bonchev–Trinajstić information content (AvgIpc) is 3.12. The van der Waals surface area contributed by atoms with Crippen molar-refractivity contribution in [1.82, 2.24) is 15.5 Å². The van der Waals surface area contributed by atoms with Crippen molar-refractivity contribution in [2.45, 2.75) is 31.8 Å². The molecule has 0 spiro atoms. The van der Waals surface area contributed by atoms with Crippen LogP contribution in [0.5, 0.6) is 0 Å². The highest BCUT2D eigenvalue weighted by atomic mass is 15.2. The molecule has 1 rings (SSSR count). The van der Waals surface area contributed by atoms with E-state index in [-0.39, 0.29) is 0 Å². The van der Waals surface area contributed by atoms with E-state index in [1.807, 2.05) is 6.08 Å². The highest BCUT2D eigenvalue weighted by Crippen LogP contribution is 2.26. The molecule has 1 aliphatic rings. The fourth-order valence-corrected chi connectivity index (χ4v) is 1.62. The Morgan fingerprint density at radius 1 is 1.56 bits per heavy atom. The van der Waals surface area contributed by atoms with Crippen LogP contribution in [-0.4, -0.2) is 50.1 Å². The van der Waals surface area contributed by atoms with E-state index in [1.54, 1.807) is 7.05 Å². The third-order valence-corrected chi connectivity index (χ3v) is 3.02. The van der Waals surface area contributed by atoms with Crippen molar-refractivity contribution in [3.05, 3.63) is 12.7 Å². The van der Waals surface area contributed by atoms with Crippen molar-refractivity contribution in [2.75, 3.05) is 27.2 Å². The molecule has 92 valence electrons. The predicted molar refractivity (Wildman–Crippen MR) is 69.8 cm³/mol. The van der Waals surface area contributed by atoms with Crippen LogP contribution in [0.4, 0.5) is 0 Å². The summed E-state index contributed by atoms with van der Waals surface area (Å²) in [6, 6.07) is 1.34. The maximum atomic E-state index is 4.15. The summed E-state index contributed by atoms with van der Waals surface area (Å²) in [6.07, 6.45) is 4.53. The Labute approximate surface area is 98.8 Å². The van der Waals surface area contributed by atoms with Crippen LogP contribution < -0.4 is 10.6 Å². The predicted octanol–water partition coefficient (Wildman–Crippen LogP) is 0.820. The fraction of sp³-hybridized carbons (Fsp3) is 0.750. The van der Waals surface area contributed by atoms with Crippen molar-refractivity contribution < 1.29 is 0 Å². The molecule has 4 heteroatoms. The van der Waals surface area contributed by atoms with Crippen LogP contribution in [0.25, 0.3) is 0 Å². The molecule has 2 N–H and O–H groups in total. The van der Waals surface area contributed by atoms with Crippen molar-refractivity contribution in [3.8, 4) is 0 Å². The first-order valence-corrected chi connectivity index (χ1v) is 5.96. The van der Waals surface area contributed by atoms with Crippen molar-refractivity contribution in [3.63, 3.8) is 0 Å². The number of likely N-dealkylation sites (N-methyl/N-ethyl adjacent to an activating group) is 1. The van der Waals surface area contributed by atoms with Crippen LogP contribution in [0.1, 0.15) is 19.8 Å². The molecule has 0 heterocycles. The summed E-state index contributed by atoms with van der Waals surface area (Å²) < 4.78 is 0. The Morgan fingerprint density at radius 3 is 2.75 bits per heavy atom.